The number of carbonyl (C=O) groups excluding carboxylic acids is 1. The predicted octanol–water partition coefficient (Wildman–Crippen LogP) is 1.65. The number of H-pyrrole nitrogens is 1. The minimum atomic E-state index is -0.337. The number of amides is 1. The molecule has 2 aromatic rings. The van der Waals surface area contributed by atoms with Crippen LogP contribution in [0.15, 0.2) is 36.4 Å². The zero-order chi connectivity index (χ0) is 15.2. The molecular weight excluding hydrogens is 270 g/mol. The maximum absolute atomic E-state index is 12.2. The molecule has 21 heavy (non-hydrogen) atoms. The van der Waals surface area contributed by atoms with E-state index in [-0.39, 0.29) is 11.9 Å². The van der Waals surface area contributed by atoms with Gasteiger partial charge in [-0.25, -0.2) is 0 Å². The Labute approximate surface area is 122 Å². The summed E-state index contributed by atoms with van der Waals surface area (Å²) in [7, 11) is 0. The van der Waals surface area contributed by atoms with Crippen LogP contribution in [0.1, 0.15) is 36.1 Å². The number of ether oxygens (including phenoxy) is 1. The summed E-state index contributed by atoms with van der Waals surface area (Å²) in [5, 5.41) is 16.3. The van der Waals surface area contributed by atoms with Crippen LogP contribution in [0, 0.1) is 0 Å². The molecule has 7 heteroatoms. The van der Waals surface area contributed by atoms with Gasteiger partial charge in [0.15, 0.2) is 5.82 Å². The molecule has 1 aromatic carbocycles. The summed E-state index contributed by atoms with van der Waals surface area (Å²) >= 11 is 0. The standard InChI is InChI=1S/C14H17N5O2/c1-9(2)8-21-12-6-4-5-11(7-12)14(20)15-10(3)13-16-18-19-17-13/h4-7,10H,1,8H2,2-3H3,(H,15,20)(H,16,17,18,19)/t10-/m1/s1. The molecule has 0 aliphatic heterocycles. The van der Waals surface area contributed by atoms with Crippen LogP contribution in [0.4, 0.5) is 0 Å². The van der Waals surface area contributed by atoms with Crippen molar-refractivity contribution in [3.05, 3.63) is 47.8 Å². The van der Waals surface area contributed by atoms with Crippen LogP contribution in [0.5, 0.6) is 5.75 Å². The first kappa shape index (κ1) is 14.7. The van der Waals surface area contributed by atoms with E-state index in [9.17, 15) is 4.79 Å². The quantitative estimate of drug-likeness (QED) is 0.788. The highest BCUT2D eigenvalue weighted by Crippen LogP contribution is 2.15. The summed E-state index contributed by atoms with van der Waals surface area (Å²) in [5.41, 5.74) is 1.42. The van der Waals surface area contributed by atoms with Gasteiger partial charge in [0.2, 0.25) is 0 Å². The third-order valence-electron chi connectivity index (χ3n) is 2.68. The summed E-state index contributed by atoms with van der Waals surface area (Å²) in [6, 6.07) is 6.62. The number of nitrogens with zero attached hydrogens (tertiary/aromatic N) is 3. The molecular formula is C14H17N5O2. The lowest BCUT2D eigenvalue weighted by Crippen LogP contribution is -2.27. The largest absolute Gasteiger partial charge is 0.489 e. The Bertz CT molecular complexity index is 624. The predicted molar refractivity (Wildman–Crippen MR) is 76.8 cm³/mol. The van der Waals surface area contributed by atoms with Gasteiger partial charge in [0, 0.05) is 5.56 Å². The van der Waals surface area contributed by atoms with Crippen molar-refractivity contribution in [1.82, 2.24) is 25.9 Å². The number of hydrogen-bond donors (Lipinski definition) is 2. The average molecular weight is 287 g/mol. The molecule has 0 saturated carbocycles. The molecule has 0 fully saturated rings. The minimum Gasteiger partial charge on any atom is -0.489 e. The van der Waals surface area contributed by atoms with Gasteiger partial charge in [0.1, 0.15) is 12.4 Å². The van der Waals surface area contributed by atoms with E-state index in [1.54, 1.807) is 31.2 Å². The molecule has 0 aliphatic rings. The highest BCUT2D eigenvalue weighted by atomic mass is 16.5. The second-order valence-corrected chi connectivity index (χ2v) is 4.74. The third kappa shape index (κ3) is 4.13. The Balaban J connectivity index is 2.02. The summed E-state index contributed by atoms with van der Waals surface area (Å²) in [5.74, 6) is 0.823. The SMILES string of the molecule is C=C(C)COc1cccc(C(=O)N[C@H](C)c2nn[nH]n2)c1. The highest BCUT2D eigenvalue weighted by Gasteiger charge is 2.15. The van der Waals surface area contributed by atoms with Crippen molar-refractivity contribution >= 4 is 5.91 Å². The molecule has 2 N–H and O–H groups in total. The van der Waals surface area contributed by atoms with Gasteiger partial charge in [-0.15, -0.1) is 10.2 Å². The second kappa shape index (κ2) is 6.65. The molecule has 110 valence electrons. The fraction of sp³-hybridized carbons (Fsp3) is 0.286. The van der Waals surface area contributed by atoms with Crippen LogP contribution in [0.2, 0.25) is 0 Å². The van der Waals surface area contributed by atoms with Crippen molar-refractivity contribution in [2.24, 2.45) is 0 Å². The van der Waals surface area contributed by atoms with E-state index in [1.807, 2.05) is 6.92 Å². The van der Waals surface area contributed by atoms with E-state index in [1.165, 1.54) is 0 Å². The van der Waals surface area contributed by atoms with Gasteiger partial charge in [0.05, 0.1) is 6.04 Å². The normalized spacial score (nSPS) is 11.7. The lowest BCUT2D eigenvalue weighted by atomic mass is 10.2. The van der Waals surface area contributed by atoms with Gasteiger partial charge < -0.3 is 10.1 Å². The zero-order valence-electron chi connectivity index (χ0n) is 12.0. The first-order valence-corrected chi connectivity index (χ1v) is 6.47. The lowest BCUT2D eigenvalue weighted by Gasteiger charge is -2.11. The Hall–Kier alpha value is -2.70. The topological polar surface area (TPSA) is 92.8 Å². The number of benzene rings is 1. The molecule has 1 atom stereocenters. The number of aromatic amines is 1. The van der Waals surface area contributed by atoms with Gasteiger partial charge in [-0.3, -0.25) is 4.79 Å². The van der Waals surface area contributed by atoms with E-state index in [0.717, 1.165) is 5.57 Å². The maximum Gasteiger partial charge on any atom is 0.251 e. The number of tetrazole rings is 1. The zero-order valence-corrected chi connectivity index (χ0v) is 12.0. The molecule has 0 spiro atoms. The van der Waals surface area contributed by atoms with Gasteiger partial charge >= 0.3 is 0 Å². The van der Waals surface area contributed by atoms with Gasteiger partial charge in [-0.1, -0.05) is 17.9 Å². The fourth-order valence-corrected chi connectivity index (χ4v) is 1.63. The number of rotatable bonds is 6. The summed E-state index contributed by atoms with van der Waals surface area (Å²) in [6.07, 6.45) is 0. The Morgan fingerprint density at radius 1 is 1.52 bits per heavy atom. The molecule has 0 radical (unpaired) electrons. The van der Waals surface area contributed by atoms with Crippen LogP contribution in [0.3, 0.4) is 0 Å². The third-order valence-corrected chi connectivity index (χ3v) is 2.68. The monoisotopic (exact) mass is 287 g/mol. The van der Waals surface area contributed by atoms with Crippen LogP contribution < -0.4 is 10.1 Å². The van der Waals surface area contributed by atoms with Crippen LogP contribution in [-0.2, 0) is 0 Å². The molecule has 0 unspecified atom stereocenters. The molecule has 7 nitrogen and oxygen atoms in total. The number of hydrogen-bond acceptors (Lipinski definition) is 5. The minimum absolute atomic E-state index is 0.229. The Morgan fingerprint density at radius 2 is 2.33 bits per heavy atom. The van der Waals surface area contributed by atoms with E-state index in [0.29, 0.717) is 23.7 Å². The highest BCUT2D eigenvalue weighted by molar-refractivity contribution is 5.94. The molecule has 0 aliphatic carbocycles. The van der Waals surface area contributed by atoms with Crippen LogP contribution in [-0.4, -0.2) is 33.1 Å². The average Bonchev–Trinajstić information content (AvgIpc) is 2.99. The van der Waals surface area contributed by atoms with E-state index in [4.69, 9.17) is 4.74 Å². The smallest absolute Gasteiger partial charge is 0.251 e. The molecule has 1 amide bonds. The fourth-order valence-electron chi connectivity index (χ4n) is 1.63. The number of aromatic nitrogens is 4. The van der Waals surface area contributed by atoms with Crippen molar-refractivity contribution in [2.75, 3.05) is 6.61 Å². The maximum atomic E-state index is 12.2. The van der Waals surface area contributed by atoms with E-state index in [2.05, 4.69) is 32.5 Å². The van der Waals surface area contributed by atoms with Crippen molar-refractivity contribution in [3.63, 3.8) is 0 Å². The number of carbonyl (C=O) groups is 1. The Kier molecular flexibility index (Phi) is 4.65. The van der Waals surface area contributed by atoms with Crippen molar-refractivity contribution < 1.29 is 9.53 Å². The molecule has 2 rings (SSSR count). The van der Waals surface area contributed by atoms with E-state index >= 15 is 0 Å². The second-order valence-electron chi connectivity index (χ2n) is 4.74. The summed E-state index contributed by atoms with van der Waals surface area (Å²) in [4.78, 5) is 12.2. The summed E-state index contributed by atoms with van der Waals surface area (Å²) in [6.45, 7) is 7.85. The Morgan fingerprint density at radius 3 is 3.00 bits per heavy atom. The van der Waals surface area contributed by atoms with Gasteiger partial charge in [-0.2, -0.15) is 5.21 Å². The molecule has 0 bridgehead atoms. The molecule has 1 heterocycles. The first-order valence-electron chi connectivity index (χ1n) is 6.47. The van der Waals surface area contributed by atoms with Crippen molar-refractivity contribution in [1.29, 1.82) is 0 Å². The number of nitrogens with one attached hydrogen (secondary N) is 2. The van der Waals surface area contributed by atoms with Crippen LogP contribution >= 0.6 is 0 Å². The van der Waals surface area contributed by atoms with Crippen LogP contribution in [0.25, 0.3) is 0 Å². The summed E-state index contributed by atoms with van der Waals surface area (Å²) < 4.78 is 5.52. The van der Waals surface area contributed by atoms with Crippen molar-refractivity contribution in [2.45, 2.75) is 19.9 Å². The lowest BCUT2D eigenvalue weighted by molar-refractivity contribution is 0.0938. The van der Waals surface area contributed by atoms with E-state index < -0.39 is 0 Å². The molecule has 0 saturated heterocycles. The molecule has 1 aromatic heterocycles. The van der Waals surface area contributed by atoms with Gasteiger partial charge in [-0.05, 0) is 37.6 Å². The van der Waals surface area contributed by atoms with Gasteiger partial charge in [0.25, 0.3) is 5.91 Å². The van der Waals surface area contributed by atoms with Crippen molar-refractivity contribution in [3.8, 4) is 5.75 Å². The first-order chi connectivity index (χ1) is 10.1.